The largest absolute Gasteiger partial charge is 0.493 e. The molecule has 0 heterocycles. The summed E-state index contributed by atoms with van der Waals surface area (Å²) < 4.78 is 5.51. The van der Waals surface area contributed by atoms with E-state index in [0.717, 1.165) is 6.42 Å². The van der Waals surface area contributed by atoms with E-state index in [9.17, 15) is 4.79 Å². The van der Waals surface area contributed by atoms with Crippen LogP contribution in [0.5, 0.6) is 5.75 Å². The Hall–Kier alpha value is -1.51. The molecule has 1 aromatic rings. The van der Waals surface area contributed by atoms with E-state index < -0.39 is 0 Å². The molecule has 0 spiro atoms. The lowest BCUT2D eigenvalue weighted by atomic mass is 9.86. The van der Waals surface area contributed by atoms with Gasteiger partial charge in [0.1, 0.15) is 5.75 Å². The van der Waals surface area contributed by atoms with Crippen molar-refractivity contribution in [2.45, 2.75) is 45.6 Å². The third kappa shape index (κ3) is 3.49. The van der Waals surface area contributed by atoms with Crippen LogP contribution in [0.2, 0.25) is 0 Å². The highest BCUT2D eigenvalue weighted by molar-refractivity contribution is 5.97. The number of ether oxygens (including phenoxy) is 1. The first-order chi connectivity index (χ1) is 9.22. The number of carbonyl (C=O) groups is 1. The molecule has 3 heteroatoms. The zero-order valence-electron chi connectivity index (χ0n) is 11.8. The van der Waals surface area contributed by atoms with Gasteiger partial charge in [-0.25, -0.2) is 0 Å². The van der Waals surface area contributed by atoms with Gasteiger partial charge in [-0.1, -0.05) is 31.9 Å². The van der Waals surface area contributed by atoms with Gasteiger partial charge in [0.05, 0.1) is 12.2 Å². The average molecular weight is 261 g/mol. The lowest BCUT2D eigenvalue weighted by Gasteiger charge is -2.29. The van der Waals surface area contributed by atoms with E-state index in [1.54, 1.807) is 0 Å². The molecule has 19 heavy (non-hydrogen) atoms. The molecule has 2 atom stereocenters. The smallest absolute Gasteiger partial charge is 0.255 e. The molecule has 1 aliphatic rings. The van der Waals surface area contributed by atoms with Gasteiger partial charge in [0.25, 0.3) is 5.91 Å². The van der Waals surface area contributed by atoms with Crippen LogP contribution >= 0.6 is 0 Å². The van der Waals surface area contributed by atoms with Crippen molar-refractivity contribution in [2.24, 2.45) is 5.92 Å². The Morgan fingerprint density at radius 3 is 2.79 bits per heavy atom. The van der Waals surface area contributed by atoms with Gasteiger partial charge in [-0.3, -0.25) is 4.79 Å². The number of carbonyl (C=O) groups excluding carboxylic acids is 1. The van der Waals surface area contributed by atoms with Crippen LogP contribution in [-0.4, -0.2) is 18.6 Å². The van der Waals surface area contributed by atoms with E-state index >= 15 is 0 Å². The standard InChI is InChI=1S/C16H23NO2/c1-3-19-15-11-7-5-9-13(15)16(18)17-14-10-6-4-8-12(14)2/h5,7,9,11-12,14H,3-4,6,8,10H2,1-2H3,(H,17,18)/t12-,14+/m0/s1. The van der Waals surface area contributed by atoms with Crippen molar-refractivity contribution in [1.82, 2.24) is 5.32 Å². The fraction of sp³-hybridized carbons (Fsp3) is 0.562. The molecule has 0 aromatic heterocycles. The van der Waals surface area contributed by atoms with Crippen molar-refractivity contribution < 1.29 is 9.53 Å². The zero-order valence-corrected chi connectivity index (χ0v) is 11.8. The van der Waals surface area contributed by atoms with Crippen molar-refractivity contribution in [1.29, 1.82) is 0 Å². The Labute approximate surface area is 115 Å². The first kappa shape index (κ1) is 13.9. The highest BCUT2D eigenvalue weighted by Gasteiger charge is 2.24. The van der Waals surface area contributed by atoms with Crippen molar-refractivity contribution in [3.05, 3.63) is 29.8 Å². The number of amides is 1. The maximum Gasteiger partial charge on any atom is 0.255 e. The molecule has 3 nitrogen and oxygen atoms in total. The molecule has 0 unspecified atom stereocenters. The summed E-state index contributed by atoms with van der Waals surface area (Å²) in [5.74, 6) is 1.23. The third-order valence-corrected chi connectivity index (χ3v) is 3.86. The quantitative estimate of drug-likeness (QED) is 0.902. The minimum absolute atomic E-state index is 0.0113. The van der Waals surface area contributed by atoms with Crippen LogP contribution in [0.3, 0.4) is 0 Å². The average Bonchev–Trinajstić information content (AvgIpc) is 2.42. The highest BCUT2D eigenvalue weighted by Crippen LogP contribution is 2.25. The van der Waals surface area contributed by atoms with Crippen molar-refractivity contribution in [3.63, 3.8) is 0 Å². The van der Waals surface area contributed by atoms with Crippen LogP contribution in [0.25, 0.3) is 0 Å². The molecule has 1 N–H and O–H groups in total. The van der Waals surface area contributed by atoms with Crippen LogP contribution in [0.15, 0.2) is 24.3 Å². The SMILES string of the molecule is CCOc1ccccc1C(=O)N[C@@H]1CCCC[C@@H]1C. The van der Waals surface area contributed by atoms with E-state index in [1.165, 1.54) is 19.3 Å². The molecule has 1 fully saturated rings. The van der Waals surface area contributed by atoms with Crippen molar-refractivity contribution in [3.8, 4) is 5.75 Å². The molecule has 1 amide bonds. The Morgan fingerprint density at radius 2 is 2.05 bits per heavy atom. The van der Waals surface area contributed by atoms with Crippen molar-refractivity contribution in [2.75, 3.05) is 6.61 Å². The summed E-state index contributed by atoms with van der Waals surface area (Å²) in [5, 5.41) is 3.16. The summed E-state index contributed by atoms with van der Waals surface area (Å²) in [6.07, 6.45) is 4.78. The maximum atomic E-state index is 12.4. The number of hydrogen-bond acceptors (Lipinski definition) is 2. The van der Waals surface area contributed by atoms with Crippen LogP contribution in [0.4, 0.5) is 0 Å². The van der Waals surface area contributed by atoms with Gasteiger partial charge in [-0.2, -0.15) is 0 Å². The predicted octanol–water partition coefficient (Wildman–Crippen LogP) is 3.39. The number of nitrogens with one attached hydrogen (secondary N) is 1. The second-order valence-electron chi connectivity index (χ2n) is 5.27. The lowest BCUT2D eigenvalue weighted by Crippen LogP contribution is -2.41. The summed E-state index contributed by atoms with van der Waals surface area (Å²) in [6.45, 7) is 4.72. The first-order valence-electron chi connectivity index (χ1n) is 7.25. The Kier molecular flexibility index (Phi) is 4.83. The van der Waals surface area contributed by atoms with Gasteiger partial charge in [0.15, 0.2) is 0 Å². The summed E-state index contributed by atoms with van der Waals surface area (Å²) in [5.41, 5.74) is 0.641. The summed E-state index contributed by atoms with van der Waals surface area (Å²) in [4.78, 5) is 12.4. The Bertz CT molecular complexity index is 431. The minimum atomic E-state index is -0.0113. The Morgan fingerprint density at radius 1 is 1.32 bits per heavy atom. The van der Waals surface area contributed by atoms with Crippen LogP contribution in [0, 0.1) is 5.92 Å². The number of rotatable bonds is 4. The van der Waals surface area contributed by atoms with E-state index in [1.807, 2.05) is 31.2 Å². The van der Waals surface area contributed by atoms with Gasteiger partial charge in [0.2, 0.25) is 0 Å². The molecule has 2 rings (SSSR count). The Balaban J connectivity index is 2.06. The number of hydrogen-bond donors (Lipinski definition) is 1. The minimum Gasteiger partial charge on any atom is -0.493 e. The molecule has 0 saturated heterocycles. The molecule has 0 radical (unpaired) electrons. The number of para-hydroxylation sites is 1. The van der Waals surface area contributed by atoms with Gasteiger partial charge in [0, 0.05) is 6.04 Å². The number of benzene rings is 1. The maximum absolute atomic E-state index is 12.4. The van der Waals surface area contributed by atoms with Crippen LogP contribution in [-0.2, 0) is 0 Å². The monoisotopic (exact) mass is 261 g/mol. The topological polar surface area (TPSA) is 38.3 Å². The fourth-order valence-corrected chi connectivity index (χ4v) is 2.71. The fourth-order valence-electron chi connectivity index (χ4n) is 2.71. The van der Waals surface area contributed by atoms with E-state index in [-0.39, 0.29) is 5.91 Å². The molecule has 1 aliphatic carbocycles. The molecule has 0 aliphatic heterocycles. The van der Waals surface area contributed by atoms with Crippen molar-refractivity contribution >= 4 is 5.91 Å². The van der Waals surface area contributed by atoms with Gasteiger partial charge >= 0.3 is 0 Å². The second kappa shape index (κ2) is 6.60. The van der Waals surface area contributed by atoms with E-state index in [0.29, 0.717) is 29.9 Å². The first-order valence-corrected chi connectivity index (χ1v) is 7.25. The molecular formula is C16H23NO2. The molecular weight excluding hydrogens is 238 g/mol. The summed E-state index contributed by atoms with van der Waals surface area (Å²) >= 11 is 0. The van der Waals surface area contributed by atoms with Gasteiger partial charge < -0.3 is 10.1 Å². The normalized spacial score (nSPS) is 22.8. The molecule has 1 saturated carbocycles. The third-order valence-electron chi connectivity index (χ3n) is 3.86. The predicted molar refractivity (Wildman–Crippen MR) is 76.5 cm³/mol. The van der Waals surface area contributed by atoms with E-state index in [4.69, 9.17) is 4.74 Å². The lowest BCUT2D eigenvalue weighted by molar-refractivity contribution is 0.0906. The van der Waals surface area contributed by atoms with Crippen LogP contribution in [0.1, 0.15) is 49.9 Å². The zero-order chi connectivity index (χ0) is 13.7. The molecule has 1 aromatic carbocycles. The summed E-state index contributed by atoms with van der Waals surface area (Å²) in [6, 6.07) is 7.75. The highest BCUT2D eigenvalue weighted by atomic mass is 16.5. The van der Waals surface area contributed by atoms with Gasteiger partial charge in [-0.15, -0.1) is 0 Å². The summed E-state index contributed by atoms with van der Waals surface area (Å²) in [7, 11) is 0. The van der Waals surface area contributed by atoms with Gasteiger partial charge in [-0.05, 0) is 37.8 Å². The molecule has 104 valence electrons. The molecule has 0 bridgehead atoms. The second-order valence-corrected chi connectivity index (χ2v) is 5.27. The van der Waals surface area contributed by atoms with E-state index in [2.05, 4.69) is 12.2 Å². The van der Waals surface area contributed by atoms with Crippen LogP contribution < -0.4 is 10.1 Å².